The first kappa shape index (κ1) is 9.59. The zero-order chi connectivity index (χ0) is 11.7. The second-order valence-electron chi connectivity index (χ2n) is 3.44. The van der Waals surface area contributed by atoms with Crippen molar-refractivity contribution < 1.29 is 9.32 Å². The van der Waals surface area contributed by atoms with E-state index in [9.17, 15) is 4.79 Å². The van der Waals surface area contributed by atoms with E-state index in [1.807, 2.05) is 18.2 Å². The van der Waals surface area contributed by atoms with Crippen molar-refractivity contribution in [3.8, 4) is 0 Å². The van der Waals surface area contributed by atoms with E-state index in [0.29, 0.717) is 11.5 Å². The van der Waals surface area contributed by atoms with Crippen LogP contribution >= 0.6 is 0 Å². The van der Waals surface area contributed by atoms with E-state index < -0.39 is 0 Å². The molecule has 0 spiro atoms. The summed E-state index contributed by atoms with van der Waals surface area (Å²) < 4.78 is 6.26. The van der Waals surface area contributed by atoms with Crippen LogP contribution in [0.5, 0.6) is 0 Å². The zero-order valence-corrected chi connectivity index (χ0v) is 8.70. The van der Waals surface area contributed by atoms with E-state index in [1.54, 1.807) is 22.8 Å². The number of aromatic nitrogens is 3. The van der Waals surface area contributed by atoms with Gasteiger partial charge in [-0.3, -0.25) is 4.79 Å². The number of nitrogens with one attached hydrogen (secondary N) is 1. The molecule has 17 heavy (non-hydrogen) atoms. The third kappa shape index (κ3) is 1.76. The van der Waals surface area contributed by atoms with E-state index >= 15 is 0 Å². The second-order valence-corrected chi connectivity index (χ2v) is 3.44. The number of fused-ring (bicyclic) bond motifs is 1. The average molecular weight is 228 g/mol. The van der Waals surface area contributed by atoms with Gasteiger partial charge in [0.1, 0.15) is 6.26 Å². The molecule has 0 fully saturated rings. The van der Waals surface area contributed by atoms with E-state index in [2.05, 4.69) is 20.1 Å². The van der Waals surface area contributed by atoms with E-state index in [4.69, 9.17) is 0 Å². The molecule has 3 rings (SSSR count). The molecular formula is C11H8N4O2. The smallest absolute Gasteiger partial charge is 0.277 e. The summed E-state index contributed by atoms with van der Waals surface area (Å²) in [7, 11) is 0. The third-order valence-electron chi connectivity index (χ3n) is 2.28. The lowest BCUT2D eigenvalue weighted by Gasteiger charge is -1.95. The fourth-order valence-electron chi connectivity index (χ4n) is 1.51. The van der Waals surface area contributed by atoms with E-state index in [1.165, 1.54) is 6.26 Å². The van der Waals surface area contributed by atoms with Gasteiger partial charge < -0.3 is 9.84 Å². The SMILES string of the molecule is O=C(Nc1ccon1)c1cc2ccccn2n1. The summed E-state index contributed by atoms with van der Waals surface area (Å²) in [6.45, 7) is 0. The van der Waals surface area contributed by atoms with Gasteiger partial charge in [0.25, 0.3) is 5.91 Å². The first-order chi connectivity index (χ1) is 8.33. The Morgan fingerprint density at radius 3 is 3.06 bits per heavy atom. The standard InChI is InChI=1S/C11H8N4O2/c16-11(12-10-4-6-17-14-10)9-7-8-3-1-2-5-15(8)13-9/h1-7H,(H,12,14,16). The highest BCUT2D eigenvalue weighted by Gasteiger charge is 2.11. The monoisotopic (exact) mass is 228 g/mol. The molecule has 3 aromatic heterocycles. The maximum absolute atomic E-state index is 11.8. The van der Waals surface area contributed by atoms with Crippen LogP contribution in [0.25, 0.3) is 5.52 Å². The van der Waals surface area contributed by atoms with Crippen molar-refractivity contribution in [3.63, 3.8) is 0 Å². The Morgan fingerprint density at radius 1 is 1.35 bits per heavy atom. The Balaban J connectivity index is 1.90. The van der Waals surface area contributed by atoms with Gasteiger partial charge in [-0.05, 0) is 18.2 Å². The number of hydrogen-bond acceptors (Lipinski definition) is 4. The van der Waals surface area contributed by atoms with Gasteiger partial charge in [-0.25, -0.2) is 4.52 Å². The van der Waals surface area contributed by atoms with Crippen LogP contribution in [0, 0.1) is 0 Å². The summed E-state index contributed by atoms with van der Waals surface area (Å²) in [4.78, 5) is 11.8. The predicted molar refractivity (Wildman–Crippen MR) is 59.6 cm³/mol. The Labute approximate surface area is 95.8 Å². The van der Waals surface area contributed by atoms with Gasteiger partial charge in [-0.1, -0.05) is 11.2 Å². The van der Waals surface area contributed by atoms with Crippen molar-refractivity contribution in [1.82, 2.24) is 14.8 Å². The Hall–Kier alpha value is -2.63. The van der Waals surface area contributed by atoms with Gasteiger partial charge >= 0.3 is 0 Å². The molecule has 3 heterocycles. The van der Waals surface area contributed by atoms with Gasteiger partial charge in [0.2, 0.25) is 0 Å². The van der Waals surface area contributed by atoms with Crippen LogP contribution in [0.3, 0.4) is 0 Å². The number of hydrogen-bond donors (Lipinski definition) is 1. The highest BCUT2D eigenvalue weighted by molar-refractivity contribution is 6.03. The van der Waals surface area contributed by atoms with Gasteiger partial charge in [0.05, 0.1) is 5.52 Å². The summed E-state index contributed by atoms with van der Waals surface area (Å²) in [6, 6.07) is 8.87. The molecule has 1 N–H and O–H groups in total. The third-order valence-corrected chi connectivity index (χ3v) is 2.28. The summed E-state index contributed by atoms with van der Waals surface area (Å²) in [5.41, 5.74) is 1.19. The fraction of sp³-hybridized carbons (Fsp3) is 0. The second kappa shape index (κ2) is 3.75. The minimum absolute atomic E-state index is 0.317. The van der Waals surface area contributed by atoms with Crippen molar-refractivity contribution >= 4 is 17.2 Å². The molecule has 0 aliphatic heterocycles. The van der Waals surface area contributed by atoms with Crippen LogP contribution in [-0.4, -0.2) is 20.7 Å². The first-order valence-electron chi connectivity index (χ1n) is 4.99. The van der Waals surface area contributed by atoms with Crippen LogP contribution < -0.4 is 5.32 Å². The van der Waals surface area contributed by atoms with Crippen molar-refractivity contribution in [1.29, 1.82) is 0 Å². The molecule has 0 atom stereocenters. The Bertz CT molecular complexity index is 624. The van der Waals surface area contributed by atoms with E-state index in [-0.39, 0.29) is 5.91 Å². The molecule has 1 amide bonds. The van der Waals surface area contributed by atoms with Gasteiger partial charge in [0.15, 0.2) is 11.5 Å². The molecule has 0 aliphatic rings. The molecule has 6 nitrogen and oxygen atoms in total. The number of anilines is 1. The van der Waals surface area contributed by atoms with Crippen LogP contribution in [-0.2, 0) is 0 Å². The number of nitrogens with zero attached hydrogens (tertiary/aromatic N) is 3. The Morgan fingerprint density at radius 2 is 2.29 bits per heavy atom. The lowest BCUT2D eigenvalue weighted by Crippen LogP contribution is -2.12. The quantitative estimate of drug-likeness (QED) is 0.722. The zero-order valence-electron chi connectivity index (χ0n) is 8.70. The molecular weight excluding hydrogens is 220 g/mol. The maximum atomic E-state index is 11.8. The number of carbonyl (C=O) groups excluding carboxylic acids is 1. The molecule has 84 valence electrons. The summed E-state index contributed by atoms with van der Waals surface area (Å²) in [5.74, 6) is 0.0506. The van der Waals surface area contributed by atoms with Crippen LogP contribution in [0.2, 0.25) is 0 Å². The molecule has 0 saturated heterocycles. The highest BCUT2D eigenvalue weighted by Crippen LogP contribution is 2.08. The number of pyridine rings is 1. The molecule has 0 bridgehead atoms. The summed E-state index contributed by atoms with van der Waals surface area (Å²) in [5, 5.41) is 10.3. The maximum Gasteiger partial charge on any atom is 0.277 e. The van der Waals surface area contributed by atoms with Crippen LogP contribution in [0.15, 0.2) is 47.3 Å². The van der Waals surface area contributed by atoms with Gasteiger partial charge in [-0.2, -0.15) is 5.10 Å². The molecule has 3 aromatic rings. The van der Waals surface area contributed by atoms with E-state index in [0.717, 1.165) is 5.52 Å². The average Bonchev–Trinajstić information content (AvgIpc) is 2.96. The molecule has 0 saturated carbocycles. The number of amides is 1. The molecule has 0 radical (unpaired) electrons. The highest BCUT2D eigenvalue weighted by atomic mass is 16.5. The number of carbonyl (C=O) groups is 1. The van der Waals surface area contributed by atoms with Crippen molar-refractivity contribution in [2.75, 3.05) is 5.32 Å². The van der Waals surface area contributed by atoms with Gasteiger partial charge in [0, 0.05) is 12.3 Å². The molecule has 0 aliphatic carbocycles. The largest absolute Gasteiger partial charge is 0.363 e. The van der Waals surface area contributed by atoms with Crippen molar-refractivity contribution in [2.45, 2.75) is 0 Å². The Kier molecular flexibility index (Phi) is 2.11. The summed E-state index contributed by atoms with van der Waals surface area (Å²) in [6.07, 6.45) is 3.17. The number of rotatable bonds is 2. The first-order valence-corrected chi connectivity index (χ1v) is 4.99. The van der Waals surface area contributed by atoms with Crippen molar-refractivity contribution in [3.05, 3.63) is 48.5 Å². The van der Waals surface area contributed by atoms with Crippen molar-refractivity contribution in [2.24, 2.45) is 0 Å². The van der Waals surface area contributed by atoms with Gasteiger partial charge in [-0.15, -0.1) is 0 Å². The minimum Gasteiger partial charge on any atom is -0.363 e. The topological polar surface area (TPSA) is 72.4 Å². The molecule has 6 heteroatoms. The normalized spacial score (nSPS) is 10.6. The van der Waals surface area contributed by atoms with Crippen LogP contribution in [0.1, 0.15) is 10.5 Å². The predicted octanol–water partition coefficient (Wildman–Crippen LogP) is 1.57. The lowest BCUT2D eigenvalue weighted by atomic mass is 10.3. The minimum atomic E-state index is -0.317. The molecule has 0 aromatic carbocycles. The van der Waals surface area contributed by atoms with Crippen LogP contribution in [0.4, 0.5) is 5.82 Å². The lowest BCUT2D eigenvalue weighted by molar-refractivity contribution is 0.102. The molecule has 0 unspecified atom stereocenters. The summed E-state index contributed by atoms with van der Waals surface area (Å²) >= 11 is 0. The fourth-order valence-corrected chi connectivity index (χ4v) is 1.51.